The predicted molar refractivity (Wildman–Crippen MR) is 149 cm³/mol. The summed E-state index contributed by atoms with van der Waals surface area (Å²) in [6.07, 6.45) is 6.43. The topological polar surface area (TPSA) is 83.6 Å². The smallest absolute Gasteiger partial charge is 0.226 e. The van der Waals surface area contributed by atoms with Crippen LogP contribution in [0.4, 0.5) is 0 Å². The van der Waals surface area contributed by atoms with Gasteiger partial charge in [-0.2, -0.15) is 0 Å². The van der Waals surface area contributed by atoms with Crippen molar-refractivity contribution in [2.45, 2.75) is 82.9 Å². The molecule has 4 aliphatic rings. The molecule has 38 heavy (non-hydrogen) atoms. The van der Waals surface area contributed by atoms with E-state index in [0.29, 0.717) is 18.0 Å². The number of amides is 1. The number of aliphatic hydroxyl groups excluding tert-OH is 1. The second-order valence-corrected chi connectivity index (χ2v) is 12.7. The van der Waals surface area contributed by atoms with Crippen LogP contribution in [0.3, 0.4) is 0 Å². The van der Waals surface area contributed by atoms with Crippen LogP contribution >= 0.6 is 22.9 Å². The van der Waals surface area contributed by atoms with Crippen molar-refractivity contribution >= 4 is 34.6 Å². The molecular weight excluding hydrogens is 518 g/mol. The molecule has 1 atom stereocenters. The van der Waals surface area contributed by atoms with Crippen molar-refractivity contribution in [1.29, 1.82) is 0 Å². The van der Waals surface area contributed by atoms with Crippen molar-refractivity contribution in [3.8, 4) is 5.00 Å². The van der Waals surface area contributed by atoms with Gasteiger partial charge in [0.1, 0.15) is 16.4 Å². The largest absolute Gasteiger partial charge is 0.393 e. The molecule has 1 N–H and O–H groups in total. The van der Waals surface area contributed by atoms with Crippen LogP contribution in [0.15, 0.2) is 29.3 Å². The van der Waals surface area contributed by atoms with Crippen LogP contribution in [0.1, 0.15) is 78.7 Å². The molecule has 198 valence electrons. The number of halogens is 1. The summed E-state index contributed by atoms with van der Waals surface area (Å²) in [4.78, 5) is 22.6. The van der Waals surface area contributed by atoms with Gasteiger partial charge in [0, 0.05) is 39.5 Å². The van der Waals surface area contributed by atoms with Gasteiger partial charge in [0.15, 0.2) is 5.82 Å². The lowest BCUT2D eigenvalue weighted by Crippen LogP contribution is -2.45. The molecule has 1 spiro atoms. The third kappa shape index (κ3) is 3.71. The van der Waals surface area contributed by atoms with E-state index in [-0.39, 0.29) is 29.5 Å². The number of aryl methyl sites for hydroxylation is 1. The highest BCUT2D eigenvalue weighted by Gasteiger charge is 2.52. The Kier molecular flexibility index (Phi) is 5.80. The molecule has 3 aromatic rings. The SMILES string of the molecule is CCN(C(=O)[C@@H]1Cc2sc3c(c2C1)C(c1ccccc1Cl)=NC1(CC1)c1nnc(C)n1-3)C1CCC(O)CC1. The van der Waals surface area contributed by atoms with Crippen molar-refractivity contribution < 1.29 is 9.90 Å². The number of aromatic nitrogens is 3. The lowest BCUT2D eigenvalue weighted by atomic mass is 9.90. The zero-order valence-corrected chi connectivity index (χ0v) is 23.4. The number of fused-ring (bicyclic) bond motifs is 6. The third-order valence-electron chi connectivity index (χ3n) is 8.89. The molecule has 0 bridgehead atoms. The molecule has 1 amide bonds. The summed E-state index contributed by atoms with van der Waals surface area (Å²) in [6.45, 7) is 4.79. The first-order valence-corrected chi connectivity index (χ1v) is 15.0. The number of carbonyl (C=O) groups is 1. The van der Waals surface area contributed by atoms with Crippen molar-refractivity contribution in [1.82, 2.24) is 19.7 Å². The Hall–Kier alpha value is -2.55. The average Bonchev–Trinajstić information content (AvgIpc) is 3.25. The van der Waals surface area contributed by atoms with Crippen molar-refractivity contribution in [2.75, 3.05) is 6.54 Å². The Morgan fingerprint density at radius 2 is 1.95 bits per heavy atom. The van der Waals surface area contributed by atoms with Crippen LogP contribution in [0, 0.1) is 12.8 Å². The van der Waals surface area contributed by atoms with Gasteiger partial charge in [-0.25, -0.2) is 0 Å². The minimum Gasteiger partial charge on any atom is -0.393 e. The third-order valence-corrected chi connectivity index (χ3v) is 10.5. The van der Waals surface area contributed by atoms with Gasteiger partial charge in [-0.05, 0) is 76.8 Å². The monoisotopic (exact) mass is 549 g/mol. The van der Waals surface area contributed by atoms with Gasteiger partial charge >= 0.3 is 0 Å². The lowest BCUT2D eigenvalue weighted by Gasteiger charge is -2.36. The molecule has 3 aliphatic carbocycles. The van der Waals surface area contributed by atoms with E-state index in [4.69, 9.17) is 16.6 Å². The Labute approximate surface area is 231 Å². The Morgan fingerprint density at radius 1 is 1.18 bits per heavy atom. The summed E-state index contributed by atoms with van der Waals surface area (Å²) in [5, 5.41) is 20.8. The molecule has 7 nitrogen and oxygen atoms in total. The maximum absolute atomic E-state index is 13.9. The van der Waals surface area contributed by atoms with Crippen LogP contribution in [-0.4, -0.2) is 55.1 Å². The minimum atomic E-state index is -0.361. The van der Waals surface area contributed by atoms with E-state index < -0.39 is 0 Å². The summed E-state index contributed by atoms with van der Waals surface area (Å²) < 4.78 is 2.21. The molecule has 7 rings (SSSR count). The minimum absolute atomic E-state index is 0.0690. The van der Waals surface area contributed by atoms with E-state index in [2.05, 4.69) is 32.7 Å². The molecule has 0 saturated heterocycles. The highest BCUT2D eigenvalue weighted by Crippen LogP contribution is 2.54. The van der Waals surface area contributed by atoms with Crippen molar-refractivity contribution in [3.05, 3.63) is 62.5 Å². The fraction of sp³-hybridized carbons (Fsp3) is 0.517. The molecule has 1 aliphatic heterocycles. The van der Waals surface area contributed by atoms with Crippen LogP contribution < -0.4 is 0 Å². The van der Waals surface area contributed by atoms with Crippen LogP contribution in [0.25, 0.3) is 5.00 Å². The summed E-state index contributed by atoms with van der Waals surface area (Å²) >= 11 is 8.53. The number of thiophene rings is 1. The van der Waals surface area contributed by atoms with E-state index in [0.717, 1.165) is 78.4 Å². The van der Waals surface area contributed by atoms with Gasteiger partial charge in [0.2, 0.25) is 5.91 Å². The number of rotatable bonds is 4. The summed E-state index contributed by atoms with van der Waals surface area (Å²) in [5.41, 5.74) is 3.83. The van der Waals surface area contributed by atoms with Gasteiger partial charge in [0.05, 0.1) is 11.8 Å². The first-order chi connectivity index (χ1) is 18.4. The number of carbonyl (C=O) groups excluding carboxylic acids is 1. The highest BCUT2D eigenvalue weighted by atomic mass is 35.5. The van der Waals surface area contributed by atoms with E-state index in [1.54, 1.807) is 11.3 Å². The van der Waals surface area contributed by atoms with E-state index in [1.807, 2.05) is 25.1 Å². The van der Waals surface area contributed by atoms with Gasteiger partial charge in [-0.1, -0.05) is 29.8 Å². The standard InChI is InChI=1S/C29H32ClN5O2S/c1-3-34(18-8-10-19(36)11-9-18)26(37)17-14-21-23(15-17)38-27-24(21)25(20-6-4-5-7-22(20)30)31-29(12-13-29)28-33-32-16(2)35(27)28/h4-7,17-19,36H,3,8-15H2,1-2H3/t17-,18?,19?/m0/s1. The Balaban J connectivity index is 1.30. The first kappa shape index (κ1) is 24.5. The number of nitrogens with zero attached hydrogens (tertiary/aromatic N) is 5. The van der Waals surface area contributed by atoms with Gasteiger partial charge in [-0.3, -0.25) is 14.4 Å². The number of hydrogen-bond donors (Lipinski definition) is 1. The second-order valence-electron chi connectivity index (χ2n) is 11.3. The zero-order chi connectivity index (χ0) is 26.2. The van der Waals surface area contributed by atoms with E-state index in [1.165, 1.54) is 10.4 Å². The van der Waals surface area contributed by atoms with E-state index in [9.17, 15) is 9.90 Å². The number of aliphatic imine (C=N–C) groups is 1. The van der Waals surface area contributed by atoms with Gasteiger partial charge in [0.25, 0.3) is 0 Å². The van der Waals surface area contributed by atoms with Crippen LogP contribution in [0.2, 0.25) is 5.02 Å². The van der Waals surface area contributed by atoms with Gasteiger partial charge < -0.3 is 10.0 Å². The van der Waals surface area contributed by atoms with Crippen molar-refractivity contribution in [2.24, 2.45) is 10.9 Å². The van der Waals surface area contributed by atoms with Crippen LogP contribution in [-0.2, 0) is 23.2 Å². The molecule has 0 unspecified atom stereocenters. The molecule has 2 aromatic heterocycles. The predicted octanol–water partition coefficient (Wildman–Crippen LogP) is 5.00. The fourth-order valence-electron chi connectivity index (χ4n) is 6.72. The van der Waals surface area contributed by atoms with Gasteiger partial charge in [-0.15, -0.1) is 21.5 Å². The Bertz CT molecular complexity index is 1460. The normalized spacial score (nSPS) is 24.8. The molecule has 2 saturated carbocycles. The first-order valence-electron chi connectivity index (χ1n) is 13.8. The maximum atomic E-state index is 13.9. The number of benzene rings is 1. The number of aliphatic hydroxyl groups is 1. The second kappa shape index (κ2) is 9.00. The quantitative estimate of drug-likeness (QED) is 0.496. The summed E-state index contributed by atoms with van der Waals surface area (Å²) in [7, 11) is 0. The number of hydrogen-bond acceptors (Lipinski definition) is 6. The zero-order valence-electron chi connectivity index (χ0n) is 21.8. The Morgan fingerprint density at radius 3 is 2.66 bits per heavy atom. The maximum Gasteiger partial charge on any atom is 0.226 e. The molecule has 3 heterocycles. The fourth-order valence-corrected chi connectivity index (χ4v) is 8.41. The van der Waals surface area contributed by atoms with Crippen molar-refractivity contribution in [3.63, 3.8) is 0 Å². The van der Waals surface area contributed by atoms with Crippen LogP contribution in [0.5, 0.6) is 0 Å². The molecule has 9 heteroatoms. The molecule has 0 radical (unpaired) electrons. The molecule has 2 fully saturated rings. The summed E-state index contributed by atoms with van der Waals surface area (Å²) in [5.74, 6) is 1.96. The lowest BCUT2D eigenvalue weighted by molar-refractivity contribution is -0.138. The highest BCUT2D eigenvalue weighted by molar-refractivity contribution is 7.15. The summed E-state index contributed by atoms with van der Waals surface area (Å²) in [6, 6.07) is 8.17. The average molecular weight is 550 g/mol. The molecular formula is C29H32ClN5O2S. The molecule has 1 aromatic carbocycles. The van der Waals surface area contributed by atoms with E-state index >= 15 is 0 Å².